The fourth-order valence-corrected chi connectivity index (χ4v) is 13.3. The minimum absolute atomic E-state index is 0.123. The van der Waals surface area contributed by atoms with Crippen molar-refractivity contribution in [3.63, 3.8) is 0 Å². The number of fused-ring (bicyclic) bond motifs is 8. The van der Waals surface area contributed by atoms with Gasteiger partial charge in [0.2, 0.25) is 0 Å². The molecule has 5 aliphatic carbocycles. The van der Waals surface area contributed by atoms with Gasteiger partial charge in [-0.1, -0.05) is 164 Å². The van der Waals surface area contributed by atoms with Crippen molar-refractivity contribution in [2.24, 2.45) is 23.7 Å². The van der Waals surface area contributed by atoms with Crippen molar-refractivity contribution in [2.75, 3.05) is 0 Å². The van der Waals surface area contributed by atoms with E-state index in [1.807, 2.05) is 0 Å². The highest BCUT2D eigenvalue weighted by Crippen LogP contribution is 2.70. The predicted octanol–water partition coefficient (Wildman–Crippen LogP) is 15.0. The number of rotatable bonds is 3. The van der Waals surface area contributed by atoms with Gasteiger partial charge in [-0.3, -0.25) is 0 Å². The zero-order valence-corrected chi connectivity index (χ0v) is 31.5. The molecule has 14 rings (SSSR count). The molecule has 9 aromatic carbocycles. The lowest BCUT2D eigenvalue weighted by atomic mass is 9.43. The Morgan fingerprint density at radius 1 is 0.339 bits per heavy atom. The van der Waals surface area contributed by atoms with Crippen LogP contribution in [0.2, 0.25) is 0 Å². The molecule has 0 N–H and O–H groups in total. The maximum atomic E-state index is 2.62. The summed E-state index contributed by atoms with van der Waals surface area (Å²) in [4.78, 5) is 0. The van der Waals surface area contributed by atoms with Crippen molar-refractivity contribution in [1.82, 2.24) is 0 Å². The standard InChI is InChI=1S/C56H42/c1-2-12-36(13-3-1)41-26-27-49(43-15-5-4-14-42(41)43)54-47-19-8-6-17-45(47)53(46-18-7-9-20-48(46)54)38-23-22-37-24-25-50-44-16-10-11-21-52(44)56(55(50)51(37)33-38)39-29-34-28-35(31-39)32-40(56)30-34/h1-27,33-35,39-40H,28-32H2. The Morgan fingerprint density at radius 2 is 0.857 bits per heavy atom. The van der Waals surface area contributed by atoms with E-state index in [-0.39, 0.29) is 5.41 Å². The molecule has 0 amide bonds. The molecule has 0 saturated heterocycles. The zero-order chi connectivity index (χ0) is 36.5. The number of hydrogen-bond donors (Lipinski definition) is 0. The molecular formula is C56H42. The van der Waals surface area contributed by atoms with E-state index in [1.54, 1.807) is 11.1 Å². The molecule has 4 saturated carbocycles. The van der Waals surface area contributed by atoms with E-state index in [1.165, 1.54) is 120 Å². The van der Waals surface area contributed by atoms with Crippen LogP contribution < -0.4 is 0 Å². The largest absolute Gasteiger partial charge is 0.0622 e. The van der Waals surface area contributed by atoms with E-state index in [0.29, 0.717) is 0 Å². The maximum absolute atomic E-state index is 2.62. The van der Waals surface area contributed by atoms with Gasteiger partial charge in [0, 0.05) is 5.41 Å². The third-order valence-corrected chi connectivity index (χ3v) is 15.0. The first kappa shape index (κ1) is 31.2. The average Bonchev–Trinajstić information content (AvgIpc) is 3.55. The minimum Gasteiger partial charge on any atom is -0.0622 e. The van der Waals surface area contributed by atoms with E-state index in [0.717, 1.165) is 23.7 Å². The monoisotopic (exact) mass is 714 g/mol. The van der Waals surface area contributed by atoms with Gasteiger partial charge in [-0.05, 0) is 161 Å². The van der Waals surface area contributed by atoms with Crippen LogP contribution in [0.25, 0.3) is 87.6 Å². The molecule has 0 heteroatoms. The van der Waals surface area contributed by atoms with Gasteiger partial charge in [0.15, 0.2) is 0 Å². The highest BCUT2D eigenvalue weighted by atomic mass is 14.6. The lowest BCUT2D eigenvalue weighted by molar-refractivity contribution is -0.0393. The Hall–Kier alpha value is -5.98. The molecule has 0 atom stereocenters. The van der Waals surface area contributed by atoms with Crippen LogP contribution in [0.1, 0.15) is 43.2 Å². The van der Waals surface area contributed by atoms with Crippen LogP contribution >= 0.6 is 0 Å². The molecule has 1 spiro atoms. The van der Waals surface area contributed by atoms with E-state index < -0.39 is 0 Å². The van der Waals surface area contributed by atoms with Crippen LogP contribution in [0.3, 0.4) is 0 Å². The maximum Gasteiger partial charge on any atom is 0.0278 e. The molecule has 5 aliphatic rings. The van der Waals surface area contributed by atoms with E-state index in [4.69, 9.17) is 0 Å². The molecule has 0 aliphatic heterocycles. The molecule has 0 radical (unpaired) electrons. The molecule has 266 valence electrons. The Kier molecular flexibility index (Phi) is 6.43. The fraction of sp³-hybridized carbons (Fsp3) is 0.179. The third kappa shape index (κ3) is 4.09. The fourth-order valence-electron chi connectivity index (χ4n) is 13.3. The predicted molar refractivity (Wildman–Crippen MR) is 236 cm³/mol. The lowest BCUT2D eigenvalue weighted by Gasteiger charge is -2.61. The second-order valence-electron chi connectivity index (χ2n) is 17.6. The van der Waals surface area contributed by atoms with Gasteiger partial charge in [0.05, 0.1) is 0 Å². The van der Waals surface area contributed by atoms with Gasteiger partial charge in [0.1, 0.15) is 0 Å². The SMILES string of the molecule is c1ccc(-c2ccc(-c3c4ccccc4c(-c4ccc5ccc6c(c5c4)C4(c5ccccc5-6)C5CC6CC(C5)CC4C6)c4ccccc34)c3ccccc23)cc1. The molecule has 56 heavy (non-hydrogen) atoms. The summed E-state index contributed by atoms with van der Waals surface area (Å²) in [5, 5.41) is 10.7. The van der Waals surface area contributed by atoms with Gasteiger partial charge in [0.25, 0.3) is 0 Å². The van der Waals surface area contributed by atoms with Crippen LogP contribution in [-0.2, 0) is 5.41 Å². The quantitative estimate of drug-likeness (QED) is 0.160. The van der Waals surface area contributed by atoms with Crippen LogP contribution in [-0.4, -0.2) is 0 Å². The molecule has 0 unspecified atom stereocenters. The lowest BCUT2D eigenvalue weighted by Crippen LogP contribution is -2.55. The Morgan fingerprint density at radius 3 is 1.54 bits per heavy atom. The van der Waals surface area contributed by atoms with Crippen molar-refractivity contribution in [3.8, 4) is 44.5 Å². The topological polar surface area (TPSA) is 0 Å². The van der Waals surface area contributed by atoms with Crippen LogP contribution in [0.4, 0.5) is 0 Å². The molecule has 9 aromatic rings. The first-order valence-electron chi connectivity index (χ1n) is 20.9. The first-order chi connectivity index (χ1) is 27.8. The first-order valence-corrected chi connectivity index (χ1v) is 20.9. The third-order valence-electron chi connectivity index (χ3n) is 15.0. The second kappa shape index (κ2) is 11.5. The van der Waals surface area contributed by atoms with Crippen LogP contribution in [0.5, 0.6) is 0 Å². The Bertz CT molecular complexity index is 3010. The van der Waals surface area contributed by atoms with Crippen LogP contribution in [0.15, 0.2) is 170 Å². The summed E-state index contributed by atoms with van der Waals surface area (Å²) in [6, 6.07) is 64.8. The smallest absolute Gasteiger partial charge is 0.0278 e. The van der Waals surface area contributed by atoms with Gasteiger partial charge < -0.3 is 0 Å². The van der Waals surface area contributed by atoms with Gasteiger partial charge in [-0.15, -0.1) is 0 Å². The van der Waals surface area contributed by atoms with E-state index in [2.05, 4.69) is 170 Å². The summed E-state index contributed by atoms with van der Waals surface area (Å²) in [5.74, 6) is 3.32. The Labute approximate surface area is 328 Å². The van der Waals surface area contributed by atoms with Crippen molar-refractivity contribution < 1.29 is 0 Å². The summed E-state index contributed by atoms with van der Waals surface area (Å²) in [5.41, 5.74) is 14.2. The van der Waals surface area contributed by atoms with Crippen molar-refractivity contribution in [1.29, 1.82) is 0 Å². The van der Waals surface area contributed by atoms with Crippen LogP contribution in [0, 0.1) is 23.7 Å². The Balaban J connectivity index is 1.08. The molecule has 0 aromatic heterocycles. The highest BCUT2D eigenvalue weighted by molar-refractivity contribution is 6.24. The molecule has 0 heterocycles. The molecule has 0 nitrogen and oxygen atoms in total. The summed E-state index contributed by atoms with van der Waals surface area (Å²) < 4.78 is 0. The van der Waals surface area contributed by atoms with Gasteiger partial charge in [-0.25, -0.2) is 0 Å². The summed E-state index contributed by atoms with van der Waals surface area (Å²) in [7, 11) is 0. The second-order valence-corrected chi connectivity index (χ2v) is 17.6. The molecular weight excluding hydrogens is 673 g/mol. The number of benzene rings is 9. The minimum atomic E-state index is 0.123. The van der Waals surface area contributed by atoms with Gasteiger partial charge in [-0.2, -0.15) is 0 Å². The van der Waals surface area contributed by atoms with E-state index in [9.17, 15) is 0 Å². The molecule has 4 bridgehead atoms. The summed E-state index contributed by atoms with van der Waals surface area (Å²) in [6.07, 6.45) is 7.06. The van der Waals surface area contributed by atoms with E-state index >= 15 is 0 Å². The van der Waals surface area contributed by atoms with Crippen molar-refractivity contribution in [3.05, 3.63) is 181 Å². The summed E-state index contributed by atoms with van der Waals surface area (Å²) in [6.45, 7) is 0. The summed E-state index contributed by atoms with van der Waals surface area (Å²) >= 11 is 0. The van der Waals surface area contributed by atoms with Crippen molar-refractivity contribution >= 4 is 43.1 Å². The normalized spacial score (nSPS) is 23.1. The van der Waals surface area contributed by atoms with Gasteiger partial charge >= 0.3 is 0 Å². The highest BCUT2D eigenvalue weighted by Gasteiger charge is 2.61. The van der Waals surface area contributed by atoms with Crippen molar-refractivity contribution in [2.45, 2.75) is 37.5 Å². The zero-order valence-electron chi connectivity index (χ0n) is 31.5. The number of hydrogen-bond acceptors (Lipinski definition) is 0. The molecule has 4 fully saturated rings. The average molecular weight is 715 g/mol.